The van der Waals surface area contributed by atoms with Crippen molar-refractivity contribution in [3.8, 4) is 11.4 Å². The molecule has 2 aromatic rings. The van der Waals surface area contributed by atoms with Crippen molar-refractivity contribution in [2.24, 2.45) is 0 Å². The summed E-state index contributed by atoms with van der Waals surface area (Å²) in [6.07, 6.45) is 1.13. The topological polar surface area (TPSA) is 42.7 Å². The fourth-order valence-corrected chi connectivity index (χ4v) is 2.08. The van der Waals surface area contributed by atoms with Crippen molar-refractivity contribution >= 4 is 5.95 Å². The minimum Gasteiger partial charge on any atom is -0.354 e. The van der Waals surface area contributed by atoms with Gasteiger partial charge in [0, 0.05) is 18.7 Å². The maximum atomic E-state index is 4.26. The Morgan fingerprint density at radius 3 is 3.12 bits per heavy atom. The highest BCUT2D eigenvalue weighted by molar-refractivity contribution is 5.58. The van der Waals surface area contributed by atoms with Gasteiger partial charge < -0.3 is 5.32 Å². The van der Waals surface area contributed by atoms with Gasteiger partial charge in [-0.25, -0.2) is 0 Å². The van der Waals surface area contributed by atoms with Crippen LogP contribution in [0.1, 0.15) is 12.0 Å². The van der Waals surface area contributed by atoms with Gasteiger partial charge in [0.15, 0.2) is 5.82 Å². The maximum absolute atomic E-state index is 4.26. The van der Waals surface area contributed by atoms with Crippen molar-refractivity contribution in [2.75, 3.05) is 11.9 Å². The normalized spacial score (nSPS) is 14.3. The van der Waals surface area contributed by atoms with Gasteiger partial charge >= 0.3 is 0 Å². The number of benzene rings is 1. The van der Waals surface area contributed by atoms with E-state index in [0.717, 1.165) is 36.8 Å². The van der Waals surface area contributed by atoms with E-state index in [1.807, 2.05) is 0 Å². The van der Waals surface area contributed by atoms with Crippen LogP contribution in [0.2, 0.25) is 0 Å². The third-order valence-electron chi connectivity index (χ3n) is 2.87. The molecule has 0 radical (unpaired) electrons. The van der Waals surface area contributed by atoms with Gasteiger partial charge in [0.25, 0.3) is 0 Å². The summed E-state index contributed by atoms with van der Waals surface area (Å²) in [6.45, 7) is 4.08. The number of aryl methyl sites for hydroxylation is 1. The van der Waals surface area contributed by atoms with E-state index in [2.05, 4.69) is 51.3 Å². The summed E-state index contributed by atoms with van der Waals surface area (Å²) < 4.78 is 2.15. The van der Waals surface area contributed by atoms with Crippen LogP contribution in [0.5, 0.6) is 0 Å². The molecule has 0 fully saturated rings. The third kappa shape index (κ3) is 1.46. The van der Waals surface area contributed by atoms with E-state index in [4.69, 9.17) is 0 Å². The molecule has 3 rings (SSSR count). The first-order chi connectivity index (χ1) is 7.84. The van der Waals surface area contributed by atoms with Gasteiger partial charge in [-0.1, -0.05) is 23.8 Å². The van der Waals surface area contributed by atoms with Crippen LogP contribution in [0.3, 0.4) is 0 Å². The van der Waals surface area contributed by atoms with Crippen LogP contribution in [-0.4, -0.2) is 21.3 Å². The number of anilines is 1. The lowest BCUT2D eigenvalue weighted by Crippen LogP contribution is -2.17. The number of hydrogen-bond acceptors (Lipinski definition) is 3. The fraction of sp³-hybridized carbons (Fsp3) is 0.333. The molecule has 1 aliphatic rings. The van der Waals surface area contributed by atoms with E-state index in [-0.39, 0.29) is 0 Å². The lowest BCUT2D eigenvalue weighted by atomic mass is 10.1. The number of nitrogens with zero attached hydrogens (tertiary/aromatic N) is 3. The van der Waals surface area contributed by atoms with Gasteiger partial charge in [-0.05, 0) is 19.4 Å². The smallest absolute Gasteiger partial charge is 0.224 e. The largest absolute Gasteiger partial charge is 0.354 e. The molecular formula is C12H14N4. The first-order valence-corrected chi connectivity index (χ1v) is 5.59. The van der Waals surface area contributed by atoms with Crippen LogP contribution in [-0.2, 0) is 6.54 Å². The van der Waals surface area contributed by atoms with Crippen molar-refractivity contribution in [1.29, 1.82) is 0 Å². The summed E-state index contributed by atoms with van der Waals surface area (Å²) in [5, 5.41) is 11.7. The molecule has 16 heavy (non-hydrogen) atoms. The number of hydrogen-bond donors (Lipinski definition) is 1. The Balaban J connectivity index is 2.09. The second-order valence-electron chi connectivity index (χ2n) is 4.15. The van der Waals surface area contributed by atoms with Crippen molar-refractivity contribution in [2.45, 2.75) is 19.9 Å². The number of aromatic nitrogens is 3. The van der Waals surface area contributed by atoms with Gasteiger partial charge in [0.2, 0.25) is 5.95 Å². The average molecular weight is 214 g/mol. The van der Waals surface area contributed by atoms with Crippen LogP contribution < -0.4 is 5.32 Å². The Morgan fingerprint density at radius 2 is 2.25 bits per heavy atom. The quantitative estimate of drug-likeness (QED) is 0.790. The van der Waals surface area contributed by atoms with Crippen molar-refractivity contribution in [3.05, 3.63) is 29.8 Å². The summed E-state index contributed by atoms with van der Waals surface area (Å²) >= 11 is 0. The second-order valence-corrected chi connectivity index (χ2v) is 4.15. The van der Waals surface area contributed by atoms with Crippen LogP contribution in [0, 0.1) is 6.92 Å². The zero-order valence-corrected chi connectivity index (χ0v) is 9.27. The molecular weight excluding hydrogens is 200 g/mol. The lowest BCUT2D eigenvalue weighted by Gasteiger charge is -2.16. The zero-order chi connectivity index (χ0) is 11.0. The Bertz CT molecular complexity index is 515. The summed E-state index contributed by atoms with van der Waals surface area (Å²) in [5.41, 5.74) is 2.39. The van der Waals surface area contributed by atoms with E-state index in [9.17, 15) is 0 Å². The van der Waals surface area contributed by atoms with Crippen LogP contribution in [0.15, 0.2) is 24.3 Å². The summed E-state index contributed by atoms with van der Waals surface area (Å²) in [4.78, 5) is 0. The SMILES string of the molecule is Cc1cccc(-c2nnc3n2CCCN3)c1. The molecule has 1 aromatic carbocycles. The molecule has 1 N–H and O–H groups in total. The second kappa shape index (κ2) is 3.63. The minimum atomic E-state index is 0.891. The molecule has 0 aliphatic carbocycles. The van der Waals surface area contributed by atoms with E-state index in [1.54, 1.807) is 0 Å². The number of nitrogens with one attached hydrogen (secondary N) is 1. The first-order valence-electron chi connectivity index (χ1n) is 5.59. The van der Waals surface area contributed by atoms with E-state index in [1.165, 1.54) is 5.56 Å². The Hall–Kier alpha value is -1.84. The molecule has 0 unspecified atom stereocenters. The Morgan fingerprint density at radius 1 is 1.31 bits per heavy atom. The van der Waals surface area contributed by atoms with Gasteiger partial charge in [0.1, 0.15) is 0 Å². The monoisotopic (exact) mass is 214 g/mol. The first kappa shape index (κ1) is 9.39. The zero-order valence-electron chi connectivity index (χ0n) is 9.27. The molecule has 0 saturated heterocycles. The molecule has 0 saturated carbocycles. The van der Waals surface area contributed by atoms with E-state index in [0.29, 0.717) is 0 Å². The van der Waals surface area contributed by atoms with Gasteiger partial charge in [0.05, 0.1) is 0 Å². The van der Waals surface area contributed by atoms with Gasteiger partial charge in [-0.15, -0.1) is 10.2 Å². The highest BCUT2D eigenvalue weighted by Gasteiger charge is 2.16. The maximum Gasteiger partial charge on any atom is 0.224 e. The molecule has 0 spiro atoms. The van der Waals surface area contributed by atoms with Crippen molar-refractivity contribution < 1.29 is 0 Å². The average Bonchev–Trinajstić information content (AvgIpc) is 2.72. The van der Waals surface area contributed by atoms with E-state index < -0.39 is 0 Å². The minimum absolute atomic E-state index is 0.891. The molecule has 4 heteroatoms. The predicted octanol–water partition coefficient (Wildman–Crippen LogP) is 2.07. The summed E-state index contributed by atoms with van der Waals surface area (Å²) in [7, 11) is 0. The molecule has 82 valence electrons. The van der Waals surface area contributed by atoms with Gasteiger partial charge in [-0.3, -0.25) is 4.57 Å². The van der Waals surface area contributed by atoms with Crippen LogP contribution in [0.4, 0.5) is 5.95 Å². The molecule has 0 bridgehead atoms. The van der Waals surface area contributed by atoms with Crippen molar-refractivity contribution in [3.63, 3.8) is 0 Å². The number of fused-ring (bicyclic) bond motifs is 1. The summed E-state index contributed by atoms with van der Waals surface area (Å²) in [5.74, 6) is 1.86. The molecule has 1 aliphatic heterocycles. The highest BCUT2D eigenvalue weighted by atomic mass is 15.4. The number of rotatable bonds is 1. The fourth-order valence-electron chi connectivity index (χ4n) is 2.08. The van der Waals surface area contributed by atoms with Crippen LogP contribution in [0.25, 0.3) is 11.4 Å². The predicted molar refractivity (Wildman–Crippen MR) is 63.3 cm³/mol. The molecule has 1 aromatic heterocycles. The molecule has 4 nitrogen and oxygen atoms in total. The standard InChI is InChI=1S/C12H14N4/c1-9-4-2-5-10(8-9)11-14-15-12-13-6-3-7-16(11)12/h2,4-5,8H,3,6-7H2,1H3,(H,13,15). The summed E-state index contributed by atoms with van der Waals surface area (Å²) in [6, 6.07) is 8.38. The highest BCUT2D eigenvalue weighted by Crippen LogP contribution is 2.23. The van der Waals surface area contributed by atoms with Crippen LogP contribution >= 0.6 is 0 Å². The molecule has 2 heterocycles. The van der Waals surface area contributed by atoms with E-state index >= 15 is 0 Å². The van der Waals surface area contributed by atoms with Crippen molar-refractivity contribution in [1.82, 2.24) is 14.8 Å². The molecule has 0 atom stereocenters. The Kier molecular flexibility index (Phi) is 2.13. The third-order valence-corrected chi connectivity index (χ3v) is 2.87. The Labute approximate surface area is 94.3 Å². The molecule has 0 amide bonds. The lowest BCUT2D eigenvalue weighted by molar-refractivity contribution is 0.631. The van der Waals surface area contributed by atoms with Gasteiger partial charge in [-0.2, -0.15) is 0 Å².